The quantitative estimate of drug-likeness (QED) is 0.125. The number of rotatable bonds is 15. The minimum atomic E-state index is -1.25. The molecule has 0 aliphatic rings. The molecule has 0 aliphatic heterocycles. The fourth-order valence-corrected chi connectivity index (χ4v) is 4.54. The summed E-state index contributed by atoms with van der Waals surface area (Å²) in [5.41, 5.74) is 7.97. The van der Waals surface area contributed by atoms with Crippen LogP contribution in [0.4, 0.5) is 0 Å². The smallest absolute Gasteiger partial charge is 0.326 e. The number of carboxylic acids is 2. The number of amides is 3. The van der Waals surface area contributed by atoms with E-state index in [2.05, 4.69) is 20.9 Å². The van der Waals surface area contributed by atoms with Crippen molar-refractivity contribution in [2.24, 2.45) is 11.7 Å². The maximum atomic E-state index is 13.7. The van der Waals surface area contributed by atoms with Crippen molar-refractivity contribution in [3.8, 4) is 5.75 Å². The number of aliphatic carboxylic acids is 2. The number of para-hydroxylation sites is 1. The maximum Gasteiger partial charge on any atom is 0.326 e. The second-order valence-electron chi connectivity index (χ2n) is 10.7. The number of carbonyl (C=O) groups excluding carboxylic acids is 3. The second-order valence-corrected chi connectivity index (χ2v) is 10.7. The molecule has 0 radical (unpaired) electrons. The van der Waals surface area contributed by atoms with E-state index in [1.807, 2.05) is 24.3 Å². The zero-order chi connectivity index (χ0) is 31.7. The molecule has 3 amide bonds. The van der Waals surface area contributed by atoms with E-state index in [4.69, 9.17) is 10.8 Å². The number of nitrogens with two attached hydrogens (primary N) is 1. The van der Waals surface area contributed by atoms with Gasteiger partial charge in [0.15, 0.2) is 0 Å². The number of carboxylic acid groups (broad SMARTS) is 2. The van der Waals surface area contributed by atoms with Crippen LogP contribution < -0.4 is 21.7 Å². The number of carbonyl (C=O) groups is 5. The van der Waals surface area contributed by atoms with E-state index in [-0.39, 0.29) is 31.4 Å². The molecule has 0 aliphatic carbocycles. The van der Waals surface area contributed by atoms with E-state index in [1.165, 1.54) is 12.1 Å². The van der Waals surface area contributed by atoms with Gasteiger partial charge in [0.2, 0.25) is 17.7 Å². The summed E-state index contributed by atoms with van der Waals surface area (Å²) in [6.07, 6.45) is 1.16. The summed E-state index contributed by atoms with van der Waals surface area (Å²) in [6.45, 7) is 3.26. The molecule has 43 heavy (non-hydrogen) atoms. The predicted octanol–water partition coefficient (Wildman–Crippen LogP) is 1.05. The molecule has 0 saturated heterocycles. The minimum Gasteiger partial charge on any atom is -0.508 e. The Morgan fingerprint density at radius 1 is 0.837 bits per heavy atom. The number of aromatic hydroxyl groups is 1. The van der Waals surface area contributed by atoms with Crippen LogP contribution in [-0.2, 0) is 36.8 Å². The fraction of sp³-hybridized carbons (Fsp3) is 0.367. The molecule has 4 unspecified atom stereocenters. The van der Waals surface area contributed by atoms with Crippen molar-refractivity contribution >= 4 is 40.6 Å². The highest BCUT2D eigenvalue weighted by Gasteiger charge is 2.32. The molecule has 0 spiro atoms. The number of phenols is 1. The summed E-state index contributed by atoms with van der Waals surface area (Å²) in [7, 11) is 0. The molecular formula is C30H37N5O8. The van der Waals surface area contributed by atoms with Crippen molar-refractivity contribution in [3.05, 3.63) is 65.9 Å². The molecule has 230 valence electrons. The summed E-state index contributed by atoms with van der Waals surface area (Å²) in [6, 6.07) is 8.40. The van der Waals surface area contributed by atoms with Gasteiger partial charge >= 0.3 is 11.9 Å². The van der Waals surface area contributed by atoms with Crippen LogP contribution in [0.25, 0.3) is 10.9 Å². The Bertz CT molecular complexity index is 1450. The number of aromatic amines is 1. The van der Waals surface area contributed by atoms with Gasteiger partial charge in [-0.2, -0.15) is 0 Å². The number of nitrogens with one attached hydrogen (secondary N) is 4. The van der Waals surface area contributed by atoms with Gasteiger partial charge in [-0.25, -0.2) is 4.79 Å². The zero-order valence-corrected chi connectivity index (χ0v) is 23.9. The number of hydrogen-bond acceptors (Lipinski definition) is 7. The molecule has 2 aromatic carbocycles. The molecule has 0 bridgehead atoms. The molecule has 9 N–H and O–H groups in total. The van der Waals surface area contributed by atoms with Gasteiger partial charge < -0.3 is 42.0 Å². The summed E-state index contributed by atoms with van der Waals surface area (Å²) >= 11 is 0. The Labute approximate surface area is 247 Å². The first-order valence-electron chi connectivity index (χ1n) is 13.8. The van der Waals surface area contributed by atoms with Gasteiger partial charge in [-0.1, -0.05) is 44.2 Å². The van der Waals surface area contributed by atoms with Crippen molar-refractivity contribution in [3.63, 3.8) is 0 Å². The van der Waals surface area contributed by atoms with Crippen LogP contribution in [0.15, 0.2) is 54.7 Å². The number of hydrogen-bond donors (Lipinski definition) is 8. The van der Waals surface area contributed by atoms with E-state index in [0.29, 0.717) is 11.1 Å². The molecular weight excluding hydrogens is 558 g/mol. The van der Waals surface area contributed by atoms with Gasteiger partial charge in [0.1, 0.15) is 23.9 Å². The van der Waals surface area contributed by atoms with E-state index in [9.17, 15) is 34.2 Å². The molecule has 4 atom stereocenters. The Balaban J connectivity index is 1.90. The van der Waals surface area contributed by atoms with Crippen LogP contribution in [-0.4, -0.2) is 74.1 Å². The van der Waals surface area contributed by atoms with Crippen molar-refractivity contribution < 1.29 is 39.3 Å². The van der Waals surface area contributed by atoms with Crippen molar-refractivity contribution in [1.82, 2.24) is 20.9 Å². The van der Waals surface area contributed by atoms with Crippen molar-refractivity contribution in [1.29, 1.82) is 0 Å². The van der Waals surface area contributed by atoms with Crippen LogP contribution in [0.5, 0.6) is 5.75 Å². The third-order valence-corrected chi connectivity index (χ3v) is 6.98. The lowest BCUT2D eigenvalue weighted by Crippen LogP contribution is -2.58. The second kappa shape index (κ2) is 14.8. The average molecular weight is 596 g/mol. The Kier molecular flexibility index (Phi) is 11.2. The molecule has 13 heteroatoms. The van der Waals surface area contributed by atoms with Crippen LogP contribution in [0.3, 0.4) is 0 Å². The first-order chi connectivity index (χ1) is 20.3. The molecule has 1 aromatic heterocycles. The van der Waals surface area contributed by atoms with Crippen LogP contribution in [0.2, 0.25) is 0 Å². The Morgan fingerprint density at radius 3 is 2.07 bits per heavy atom. The van der Waals surface area contributed by atoms with Gasteiger partial charge in [-0.15, -0.1) is 0 Å². The highest BCUT2D eigenvalue weighted by atomic mass is 16.4. The van der Waals surface area contributed by atoms with Gasteiger partial charge in [0.05, 0.1) is 6.04 Å². The number of phenolic OH excluding ortho intramolecular Hbond substituents is 1. The predicted molar refractivity (Wildman–Crippen MR) is 157 cm³/mol. The lowest BCUT2D eigenvalue weighted by Gasteiger charge is -2.26. The molecule has 1 heterocycles. The van der Waals surface area contributed by atoms with Gasteiger partial charge in [0, 0.05) is 36.4 Å². The van der Waals surface area contributed by atoms with E-state index >= 15 is 0 Å². The van der Waals surface area contributed by atoms with E-state index in [1.54, 1.807) is 32.2 Å². The summed E-state index contributed by atoms with van der Waals surface area (Å²) < 4.78 is 0. The van der Waals surface area contributed by atoms with Gasteiger partial charge in [0.25, 0.3) is 0 Å². The lowest BCUT2D eigenvalue weighted by atomic mass is 10.00. The van der Waals surface area contributed by atoms with E-state index < -0.39 is 59.7 Å². The summed E-state index contributed by atoms with van der Waals surface area (Å²) in [5.74, 6) is -5.05. The van der Waals surface area contributed by atoms with Gasteiger partial charge in [-0.3, -0.25) is 19.2 Å². The Hall–Kier alpha value is -4.91. The highest BCUT2D eigenvalue weighted by Crippen LogP contribution is 2.20. The number of aromatic nitrogens is 1. The molecule has 13 nitrogen and oxygen atoms in total. The molecule has 3 rings (SSSR count). The lowest BCUT2D eigenvalue weighted by molar-refractivity contribution is -0.143. The van der Waals surface area contributed by atoms with Crippen molar-refractivity contribution in [2.45, 2.75) is 63.7 Å². The average Bonchev–Trinajstić information content (AvgIpc) is 3.37. The fourth-order valence-electron chi connectivity index (χ4n) is 4.54. The first kappa shape index (κ1) is 32.6. The maximum absolute atomic E-state index is 13.7. The van der Waals surface area contributed by atoms with Crippen LogP contribution in [0.1, 0.15) is 37.8 Å². The zero-order valence-electron chi connectivity index (χ0n) is 23.9. The van der Waals surface area contributed by atoms with Crippen LogP contribution in [0, 0.1) is 5.92 Å². The van der Waals surface area contributed by atoms with Crippen molar-refractivity contribution in [2.75, 3.05) is 0 Å². The minimum absolute atomic E-state index is 0.000258. The third-order valence-electron chi connectivity index (χ3n) is 6.98. The standard InChI is InChI=1S/C30H37N5O8/c1-16(2)26(30(42)43)35-29(41)23(13-17-7-9-19(36)10-8-17)34-28(40)24(33-27(39)21(31)11-12-25(37)38)14-18-15-32-22-6-4-3-5-20(18)22/h3-10,15-16,21,23-24,26,32,36H,11-14,31H2,1-2H3,(H,33,39)(H,34,40)(H,35,41)(H,37,38)(H,42,43). The SMILES string of the molecule is CC(C)C(NC(=O)C(Cc1ccc(O)cc1)NC(=O)C(Cc1c[nH]c2ccccc12)NC(=O)C(N)CCC(=O)O)C(=O)O. The Morgan fingerprint density at radius 2 is 1.44 bits per heavy atom. The monoisotopic (exact) mass is 595 g/mol. The molecule has 0 fully saturated rings. The third kappa shape index (κ3) is 9.30. The number of H-pyrrole nitrogens is 1. The van der Waals surface area contributed by atoms with Gasteiger partial charge in [-0.05, 0) is 41.7 Å². The topological polar surface area (TPSA) is 224 Å². The molecule has 3 aromatic rings. The van der Waals surface area contributed by atoms with Crippen LogP contribution >= 0.6 is 0 Å². The number of fused-ring (bicyclic) bond motifs is 1. The van der Waals surface area contributed by atoms with E-state index in [0.717, 1.165) is 10.9 Å². The number of benzene rings is 2. The first-order valence-corrected chi connectivity index (χ1v) is 13.8. The summed E-state index contributed by atoms with van der Waals surface area (Å²) in [4.78, 5) is 65.8. The normalized spacial score (nSPS) is 14.0. The highest BCUT2D eigenvalue weighted by molar-refractivity contribution is 5.95. The summed E-state index contributed by atoms with van der Waals surface area (Å²) in [5, 5.41) is 36.7. The largest absolute Gasteiger partial charge is 0.508 e. The molecule has 0 saturated carbocycles.